The van der Waals surface area contributed by atoms with E-state index in [-0.39, 0.29) is 0 Å². The molecule has 0 aliphatic heterocycles. The fourth-order valence-electron chi connectivity index (χ4n) is 1.28. The van der Waals surface area contributed by atoms with Gasteiger partial charge in [-0.15, -0.1) is 0 Å². The minimum Gasteiger partial charge on any atom is -0.477 e. The molecule has 0 atom stereocenters. The molecule has 0 fully saturated rings. The third-order valence-electron chi connectivity index (χ3n) is 2.24. The van der Waals surface area contributed by atoms with Crippen LogP contribution in [0.25, 0.3) is 0 Å². The number of hydrogen-bond acceptors (Lipinski definition) is 3. The Balaban J connectivity index is 3.09. The van der Waals surface area contributed by atoms with E-state index in [1.165, 1.54) is 26.0 Å². The smallest absolute Gasteiger partial charge is 0.419 e. The first kappa shape index (κ1) is 14.3. The Labute approximate surface area is 102 Å². The summed E-state index contributed by atoms with van der Waals surface area (Å²) in [5.74, 6) is 3.79. The van der Waals surface area contributed by atoms with Gasteiger partial charge >= 0.3 is 6.18 Å². The number of nitrogens with two attached hydrogens (primary N) is 1. The molecule has 3 N–H and O–H groups in total. The first-order valence-corrected chi connectivity index (χ1v) is 5.05. The molecule has 0 saturated carbocycles. The first-order valence-electron chi connectivity index (χ1n) is 5.05. The van der Waals surface area contributed by atoms with Crippen molar-refractivity contribution in [1.82, 2.24) is 5.43 Å². The normalized spacial score (nSPS) is 12.1. The minimum absolute atomic E-state index is 0.418. The third kappa shape index (κ3) is 3.13. The van der Waals surface area contributed by atoms with Crippen LogP contribution in [0.15, 0.2) is 24.3 Å². The molecule has 4 nitrogen and oxygen atoms in total. The van der Waals surface area contributed by atoms with Gasteiger partial charge in [-0.1, -0.05) is 12.1 Å². The average Bonchev–Trinajstić information content (AvgIpc) is 2.26. The zero-order valence-corrected chi connectivity index (χ0v) is 9.84. The zero-order valence-electron chi connectivity index (χ0n) is 9.84. The Morgan fingerprint density at radius 3 is 2.33 bits per heavy atom. The zero-order chi connectivity index (χ0) is 14.0. The van der Waals surface area contributed by atoms with Crippen LogP contribution in [0.4, 0.5) is 13.2 Å². The lowest BCUT2D eigenvalue weighted by Gasteiger charge is -2.26. The molecule has 0 saturated heterocycles. The van der Waals surface area contributed by atoms with E-state index in [2.05, 4.69) is 0 Å². The molecule has 1 aromatic rings. The molecule has 1 rings (SSSR count). The highest BCUT2D eigenvalue weighted by molar-refractivity contribution is 5.84. The van der Waals surface area contributed by atoms with Gasteiger partial charge in [-0.2, -0.15) is 13.2 Å². The number of carbonyl (C=O) groups is 1. The Kier molecular flexibility index (Phi) is 3.85. The summed E-state index contributed by atoms with van der Waals surface area (Å²) in [6.45, 7) is 2.64. The highest BCUT2D eigenvalue weighted by Gasteiger charge is 2.37. The number of benzene rings is 1. The molecule has 1 aromatic carbocycles. The molecule has 0 aliphatic carbocycles. The summed E-state index contributed by atoms with van der Waals surface area (Å²) in [6, 6.07) is 4.66. The molecule has 0 aromatic heterocycles. The quantitative estimate of drug-likeness (QED) is 0.496. The van der Waals surface area contributed by atoms with Crippen molar-refractivity contribution in [2.45, 2.75) is 25.6 Å². The van der Waals surface area contributed by atoms with Crippen LogP contribution in [0, 0.1) is 0 Å². The lowest BCUT2D eigenvalue weighted by atomic mass is 10.1. The summed E-state index contributed by atoms with van der Waals surface area (Å²) >= 11 is 0. The molecule has 18 heavy (non-hydrogen) atoms. The Morgan fingerprint density at radius 1 is 1.28 bits per heavy atom. The van der Waals surface area contributed by atoms with E-state index in [0.29, 0.717) is 0 Å². The molecule has 0 aliphatic rings. The molecule has 100 valence electrons. The number of carbonyl (C=O) groups excluding carboxylic acids is 1. The van der Waals surface area contributed by atoms with E-state index in [4.69, 9.17) is 10.6 Å². The van der Waals surface area contributed by atoms with Gasteiger partial charge in [-0.3, -0.25) is 10.2 Å². The predicted molar refractivity (Wildman–Crippen MR) is 58.5 cm³/mol. The van der Waals surface area contributed by atoms with Crippen molar-refractivity contribution in [2.75, 3.05) is 0 Å². The average molecular weight is 262 g/mol. The van der Waals surface area contributed by atoms with E-state index >= 15 is 0 Å². The Bertz CT molecular complexity index is 444. The van der Waals surface area contributed by atoms with Crippen LogP contribution in [-0.4, -0.2) is 11.5 Å². The van der Waals surface area contributed by atoms with Crippen molar-refractivity contribution in [2.24, 2.45) is 5.84 Å². The number of alkyl halides is 3. The van der Waals surface area contributed by atoms with Crippen molar-refractivity contribution in [1.29, 1.82) is 0 Å². The minimum atomic E-state index is -4.55. The SMILES string of the molecule is CC(C)(Oc1ccccc1C(F)(F)F)C(=O)NN. The summed E-state index contributed by atoms with van der Waals surface area (Å²) in [5.41, 5.74) is -0.607. The highest BCUT2D eigenvalue weighted by atomic mass is 19.4. The Hall–Kier alpha value is -1.76. The van der Waals surface area contributed by atoms with Crippen molar-refractivity contribution in [3.8, 4) is 5.75 Å². The number of ether oxygens (including phenoxy) is 1. The second kappa shape index (κ2) is 4.85. The van der Waals surface area contributed by atoms with Gasteiger partial charge in [0, 0.05) is 0 Å². The lowest BCUT2D eigenvalue weighted by molar-refractivity contribution is -0.143. The van der Waals surface area contributed by atoms with Crippen molar-refractivity contribution in [3.63, 3.8) is 0 Å². The second-order valence-corrected chi connectivity index (χ2v) is 4.08. The molecule has 0 bridgehead atoms. The number of amides is 1. The van der Waals surface area contributed by atoms with E-state index in [1.807, 2.05) is 5.43 Å². The monoisotopic (exact) mass is 262 g/mol. The molecule has 1 amide bonds. The molecule has 0 unspecified atom stereocenters. The first-order chi connectivity index (χ1) is 8.18. The van der Waals surface area contributed by atoms with Gasteiger partial charge in [-0.05, 0) is 26.0 Å². The van der Waals surface area contributed by atoms with E-state index in [9.17, 15) is 18.0 Å². The number of hydrazine groups is 1. The summed E-state index contributed by atoms with van der Waals surface area (Å²) in [5, 5.41) is 0. The molecule has 7 heteroatoms. The summed E-state index contributed by atoms with van der Waals surface area (Å²) in [7, 11) is 0. The maximum absolute atomic E-state index is 12.7. The molecule has 0 spiro atoms. The van der Waals surface area contributed by atoms with Gasteiger partial charge in [0.2, 0.25) is 0 Å². The number of halogens is 3. The fourth-order valence-corrected chi connectivity index (χ4v) is 1.28. The van der Waals surface area contributed by atoms with E-state index in [0.717, 1.165) is 12.1 Å². The van der Waals surface area contributed by atoms with E-state index < -0.39 is 29.0 Å². The van der Waals surface area contributed by atoms with Gasteiger partial charge in [0.25, 0.3) is 5.91 Å². The Morgan fingerprint density at radius 2 is 1.83 bits per heavy atom. The maximum Gasteiger partial charge on any atom is 0.419 e. The van der Waals surface area contributed by atoms with Gasteiger partial charge in [0.15, 0.2) is 5.60 Å². The van der Waals surface area contributed by atoms with Gasteiger partial charge in [-0.25, -0.2) is 5.84 Å². The molecular formula is C11H13F3N2O2. The van der Waals surface area contributed by atoms with Gasteiger partial charge in [0.05, 0.1) is 5.56 Å². The maximum atomic E-state index is 12.7. The number of rotatable bonds is 3. The van der Waals surface area contributed by atoms with Gasteiger partial charge < -0.3 is 4.74 Å². The second-order valence-electron chi connectivity index (χ2n) is 4.08. The van der Waals surface area contributed by atoms with Crippen molar-refractivity contribution < 1.29 is 22.7 Å². The van der Waals surface area contributed by atoms with Gasteiger partial charge in [0.1, 0.15) is 5.75 Å². The van der Waals surface area contributed by atoms with Crippen LogP contribution in [0.2, 0.25) is 0 Å². The molecule has 0 radical (unpaired) electrons. The lowest BCUT2D eigenvalue weighted by Crippen LogP contribution is -2.49. The largest absolute Gasteiger partial charge is 0.477 e. The summed E-state index contributed by atoms with van der Waals surface area (Å²) in [6.07, 6.45) is -4.55. The number of para-hydroxylation sites is 1. The fraction of sp³-hybridized carbons (Fsp3) is 0.364. The molecule has 0 heterocycles. The summed E-state index contributed by atoms with van der Waals surface area (Å²) < 4.78 is 43.2. The van der Waals surface area contributed by atoms with Crippen LogP contribution in [0.3, 0.4) is 0 Å². The standard InChI is InChI=1S/C11H13F3N2O2/c1-10(2,9(17)16-15)18-8-6-4-3-5-7(8)11(12,13)14/h3-6H,15H2,1-2H3,(H,16,17). The summed E-state index contributed by atoms with van der Waals surface area (Å²) in [4.78, 5) is 11.4. The number of nitrogens with one attached hydrogen (secondary N) is 1. The van der Waals surface area contributed by atoms with Crippen molar-refractivity contribution >= 4 is 5.91 Å². The van der Waals surface area contributed by atoms with Crippen LogP contribution in [-0.2, 0) is 11.0 Å². The van der Waals surface area contributed by atoms with Crippen molar-refractivity contribution in [3.05, 3.63) is 29.8 Å². The highest BCUT2D eigenvalue weighted by Crippen LogP contribution is 2.37. The topological polar surface area (TPSA) is 64.3 Å². The number of hydrogen-bond donors (Lipinski definition) is 2. The van der Waals surface area contributed by atoms with E-state index in [1.54, 1.807) is 0 Å². The van der Waals surface area contributed by atoms with Crippen LogP contribution >= 0.6 is 0 Å². The van der Waals surface area contributed by atoms with Crippen LogP contribution < -0.4 is 16.0 Å². The third-order valence-corrected chi connectivity index (χ3v) is 2.24. The van der Waals surface area contributed by atoms with Crippen LogP contribution in [0.1, 0.15) is 19.4 Å². The van der Waals surface area contributed by atoms with Crippen LogP contribution in [0.5, 0.6) is 5.75 Å². The molecular weight excluding hydrogens is 249 g/mol. The predicted octanol–water partition coefficient (Wildman–Crippen LogP) is 1.85.